The quantitative estimate of drug-likeness (QED) is 0.532. The molecule has 0 bridgehead atoms. The summed E-state index contributed by atoms with van der Waals surface area (Å²) in [5.74, 6) is -0.280. The SMILES string of the molecule is CCN(C(=O)Cc1ccc(NC(=O)C2CCCN(C(=O)c3cccs3)C2)cc1)c1ccccc1. The van der Waals surface area contributed by atoms with Crippen molar-refractivity contribution in [2.75, 3.05) is 29.9 Å². The van der Waals surface area contributed by atoms with Crippen LogP contribution in [0.25, 0.3) is 0 Å². The lowest BCUT2D eigenvalue weighted by Crippen LogP contribution is -2.43. The molecule has 0 radical (unpaired) electrons. The molecule has 2 heterocycles. The summed E-state index contributed by atoms with van der Waals surface area (Å²) in [7, 11) is 0. The van der Waals surface area contributed by atoms with Crippen molar-refractivity contribution in [2.24, 2.45) is 5.92 Å². The first-order valence-electron chi connectivity index (χ1n) is 11.6. The minimum Gasteiger partial charge on any atom is -0.337 e. The van der Waals surface area contributed by atoms with Crippen molar-refractivity contribution in [3.8, 4) is 0 Å². The third-order valence-corrected chi connectivity index (χ3v) is 6.93. The number of para-hydroxylation sites is 1. The molecule has 7 heteroatoms. The highest BCUT2D eigenvalue weighted by atomic mass is 32.1. The van der Waals surface area contributed by atoms with Gasteiger partial charge in [-0.25, -0.2) is 0 Å². The van der Waals surface area contributed by atoms with Gasteiger partial charge >= 0.3 is 0 Å². The van der Waals surface area contributed by atoms with Gasteiger partial charge in [0.2, 0.25) is 11.8 Å². The zero-order chi connectivity index (χ0) is 23.9. The Kier molecular flexibility index (Phi) is 7.75. The molecule has 0 saturated carbocycles. The van der Waals surface area contributed by atoms with Gasteiger partial charge in [-0.3, -0.25) is 14.4 Å². The third kappa shape index (κ3) is 5.72. The van der Waals surface area contributed by atoms with Crippen molar-refractivity contribution in [3.05, 3.63) is 82.6 Å². The maximum Gasteiger partial charge on any atom is 0.263 e. The molecule has 2 aromatic carbocycles. The number of thiophene rings is 1. The number of amides is 3. The molecule has 3 amide bonds. The van der Waals surface area contributed by atoms with E-state index in [1.54, 1.807) is 9.80 Å². The Morgan fingerprint density at radius 1 is 1.03 bits per heavy atom. The summed E-state index contributed by atoms with van der Waals surface area (Å²) in [6, 6.07) is 20.7. The van der Waals surface area contributed by atoms with Crippen LogP contribution < -0.4 is 10.2 Å². The van der Waals surface area contributed by atoms with E-state index in [1.165, 1.54) is 11.3 Å². The fourth-order valence-electron chi connectivity index (χ4n) is 4.26. The van der Waals surface area contributed by atoms with Crippen LogP contribution in [0.5, 0.6) is 0 Å². The molecule has 0 aliphatic carbocycles. The van der Waals surface area contributed by atoms with E-state index in [0.717, 1.165) is 24.1 Å². The highest BCUT2D eigenvalue weighted by molar-refractivity contribution is 7.12. The van der Waals surface area contributed by atoms with E-state index >= 15 is 0 Å². The Bertz CT molecular complexity index is 1110. The molecule has 0 spiro atoms. The Balaban J connectivity index is 1.33. The average molecular weight is 476 g/mol. The molecule has 176 valence electrons. The van der Waals surface area contributed by atoms with E-state index in [-0.39, 0.29) is 23.6 Å². The molecule has 6 nitrogen and oxygen atoms in total. The highest BCUT2D eigenvalue weighted by Crippen LogP contribution is 2.22. The second-order valence-electron chi connectivity index (χ2n) is 8.40. The molecule has 1 fully saturated rings. The van der Waals surface area contributed by atoms with Crippen LogP contribution in [-0.4, -0.2) is 42.3 Å². The normalized spacial score (nSPS) is 15.6. The predicted octanol–water partition coefficient (Wildman–Crippen LogP) is 4.83. The molecule has 4 rings (SSSR count). The summed E-state index contributed by atoms with van der Waals surface area (Å²) in [5, 5.41) is 4.87. The Labute approximate surface area is 204 Å². The van der Waals surface area contributed by atoms with Crippen molar-refractivity contribution in [1.82, 2.24) is 4.90 Å². The predicted molar refractivity (Wildman–Crippen MR) is 136 cm³/mol. The van der Waals surface area contributed by atoms with Crippen molar-refractivity contribution < 1.29 is 14.4 Å². The number of likely N-dealkylation sites (N-methyl/N-ethyl adjacent to an activating group) is 1. The van der Waals surface area contributed by atoms with Crippen LogP contribution in [0.1, 0.15) is 35.0 Å². The van der Waals surface area contributed by atoms with Crippen molar-refractivity contribution in [1.29, 1.82) is 0 Å². The minimum atomic E-state index is -0.233. The molecular weight excluding hydrogens is 446 g/mol. The monoisotopic (exact) mass is 475 g/mol. The zero-order valence-corrected chi connectivity index (χ0v) is 20.1. The Morgan fingerprint density at radius 2 is 1.79 bits per heavy atom. The van der Waals surface area contributed by atoms with Crippen LogP contribution in [0.3, 0.4) is 0 Å². The summed E-state index contributed by atoms with van der Waals surface area (Å²) in [4.78, 5) is 42.6. The van der Waals surface area contributed by atoms with E-state index in [9.17, 15) is 14.4 Å². The topological polar surface area (TPSA) is 69.7 Å². The molecule has 1 saturated heterocycles. The number of nitrogens with one attached hydrogen (secondary N) is 1. The van der Waals surface area contributed by atoms with Crippen molar-refractivity contribution >= 4 is 40.4 Å². The van der Waals surface area contributed by atoms with Gasteiger partial charge in [0.25, 0.3) is 5.91 Å². The lowest BCUT2D eigenvalue weighted by molar-refractivity contribution is -0.121. The van der Waals surface area contributed by atoms with Gasteiger partial charge in [0.15, 0.2) is 0 Å². The molecule has 1 unspecified atom stereocenters. The lowest BCUT2D eigenvalue weighted by Gasteiger charge is -2.31. The molecule has 1 atom stereocenters. The number of anilines is 2. The van der Waals surface area contributed by atoms with Gasteiger partial charge in [0.1, 0.15) is 0 Å². The maximum atomic E-state index is 12.9. The second kappa shape index (κ2) is 11.1. The summed E-state index contributed by atoms with van der Waals surface area (Å²) in [6.45, 7) is 3.68. The van der Waals surface area contributed by atoms with Crippen molar-refractivity contribution in [2.45, 2.75) is 26.2 Å². The summed E-state index contributed by atoms with van der Waals surface area (Å²) in [5.41, 5.74) is 2.47. The first-order chi connectivity index (χ1) is 16.5. The standard InChI is InChI=1S/C27H29N3O3S/c1-2-30(23-9-4-3-5-10-23)25(31)18-20-12-14-22(15-13-20)28-26(32)21-8-6-16-29(19-21)27(33)24-11-7-17-34-24/h3-5,7,9-15,17,21H,2,6,8,16,18-19H2,1H3,(H,28,32). The molecule has 1 aliphatic heterocycles. The minimum absolute atomic E-state index is 0.00172. The Hall–Kier alpha value is -3.45. The number of rotatable bonds is 7. The van der Waals surface area contributed by atoms with E-state index in [1.807, 2.05) is 79.0 Å². The van der Waals surface area contributed by atoms with Crippen LogP contribution in [-0.2, 0) is 16.0 Å². The average Bonchev–Trinajstić information content (AvgIpc) is 3.41. The number of nitrogens with zero attached hydrogens (tertiary/aromatic N) is 2. The molecule has 34 heavy (non-hydrogen) atoms. The van der Waals surface area contributed by atoms with Gasteiger partial charge in [-0.05, 0) is 61.0 Å². The number of carbonyl (C=O) groups excluding carboxylic acids is 3. The molecule has 1 aromatic heterocycles. The second-order valence-corrected chi connectivity index (χ2v) is 9.35. The fourth-order valence-corrected chi connectivity index (χ4v) is 4.95. The summed E-state index contributed by atoms with van der Waals surface area (Å²) >= 11 is 1.43. The first kappa shape index (κ1) is 23.7. The Morgan fingerprint density at radius 3 is 2.47 bits per heavy atom. The van der Waals surface area contributed by atoms with Gasteiger partial charge in [0.05, 0.1) is 17.2 Å². The van der Waals surface area contributed by atoms with Crippen LogP contribution >= 0.6 is 11.3 Å². The lowest BCUT2D eigenvalue weighted by atomic mass is 9.96. The van der Waals surface area contributed by atoms with Crippen LogP contribution in [0.4, 0.5) is 11.4 Å². The van der Waals surface area contributed by atoms with Gasteiger partial charge in [-0.2, -0.15) is 0 Å². The fraction of sp³-hybridized carbons (Fsp3) is 0.296. The van der Waals surface area contributed by atoms with Crippen LogP contribution in [0.2, 0.25) is 0 Å². The number of piperidine rings is 1. The zero-order valence-electron chi connectivity index (χ0n) is 19.3. The van der Waals surface area contributed by atoms with E-state index in [2.05, 4.69) is 5.32 Å². The van der Waals surface area contributed by atoms with E-state index in [4.69, 9.17) is 0 Å². The van der Waals surface area contributed by atoms with E-state index < -0.39 is 0 Å². The van der Waals surface area contributed by atoms with Gasteiger partial charge in [-0.15, -0.1) is 11.3 Å². The number of hydrogen-bond donors (Lipinski definition) is 1. The molecule has 1 N–H and O–H groups in total. The first-order valence-corrected chi connectivity index (χ1v) is 12.5. The van der Waals surface area contributed by atoms with Crippen molar-refractivity contribution in [3.63, 3.8) is 0 Å². The van der Waals surface area contributed by atoms with Crippen LogP contribution in [0.15, 0.2) is 72.1 Å². The summed E-state index contributed by atoms with van der Waals surface area (Å²) in [6.07, 6.45) is 1.87. The van der Waals surface area contributed by atoms with Gasteiger partial charge in [0, 0.05) is 31.0 Å². The molecular formula is C27H29N3O3S. The van der Waals surface area contributed by atoms with Crippen LogP contribution in [0, 0.1) is 5.92 Å². The summed E-state index contributed by atoms with van der Waals surface area (Å²) < 4.78 is 0. The van der Waals surface area contributed by atoms with E-state index in [0.29, 0.717) is 36.6 Å². The third-order valence-electron chi connectivity index (χ3n) is 6.07. The maximum absolute atomic E-state index is 12.9. The highest BCUT2D eigenvalue weighted by Gasteiger charge is 2.29. The number of likely N-dealkylation sites (tertiary alicyclic amines) is 1. The van der Waals surface area contributed by atoms with Gasteiger partial charge in [-0.1, -0.05) is 36.4 Å². The number of carbonyl (C=O) groups is 3. The smallest absolute Gasteiger partial charge is 0.263 e. The number of hydrogen-bond acceptors (Lipinski definition) is 4. The molecule has 3 aromatic rings. The molecule has 1 aliphatic rings. The van der Waals surface area contributed by atoms with Gasteiger partial charge < -0.3 is 15.1 Å². The number of benzene rings is 2. The largest absolute Gasteiger partial charge is 0.337 e.